The Labute approximate surface area is 129 Å². The fourth-order valence-electron chi connectivity index (χ4n) is 1.90. The Kier molecular flexibility index (Phi) is 4.59. The number of amides is 1. The maximum absolute atomic E-state index is 12.1. The number of halogens is 1. The molecule has 0 spiro atoms. The average molecular weight is 349 g/mol. The Balaban J connectivity index is 2.18. The van der Waals surface area contributed by atoms with Crippen LogP contribution in [0.1, 0.15) is 15.9 Å². The van der Waals surface area contributed by atoms with Crippen molar-refractivity contribution < 1.29 is 14.7 Å². The number of hydrogen-bond acceptors (Lipinski definition) is 3. The summed E-state index contributed by atoms with van der Waals surface area (Å²) in [5, 5.41) is 11.8. The van der Waals surface area contributed by atoms with Crippen molar-refractivity contribution >= 4 is 39.2 Å². The van der Waals surface area contributed by atoms with E-state index in [0.29, 0.717) is 10.2 Å². The van der Waals surface area contributed by atoms with Crippen LogP contribution in [0.5, 0.6) is 0 Å². The number of aromatic carboxylic acids is 1. The van der Waals surface area contributed by atoms with Gasteiger partial charge >= 0.3 is 5.97 Å². The zero-order valence-corrected chi connectivity index (χ0v) is 12.6. The molecular weight excluding hydrogens is 336 g/mol. The number of nitrogens with one attached hydrogen (secondary N) is 1. The quantitative estimate of drug-likeness (QED) is 0.740. The lowest BCUT2D eigenvalue weighted by Gasteiger charge is -2.10. The molecule has 0 saturated carbocycles. The van der Waals surface area contributed by atoms with E-state index in [-0.39, 0.29) is 23.6 Å². The molecular formula is C15H13BrN2O3. The smallest absolute Gasteiger partial charge is 0.337 e. The Bertz CT molecular complexity index is 701. The van der Waals surface area contributed by atoms with Gasteiger partial charge in [0, 0.05) is 10.2 Å². The van der Waals surface area contributed by atoms with Crippen molar-refractivity contribution in [2.75, 3.05) is 11.1 Å². The van der Waals surface area contributed by atoms with E-state index in [4.69, 9.17) is 10.8 Å². The van der Waals surface area contributed by atoms with Gasteiger partial charge in [-0.2, -0.15) is 0 Å². The number of benzene rings is 2. The lowest BCUT2D eigenvalue weighted by Crippen LogP contribution is -2.17. The zero-order chi connectivity index (χ0) is 15.4. The number of carboxylic acids is 1. The van der Waals surface area contributed by atoms with Gasteiger partial charge in [0.15, 0.2) is 0 Å². The molecule has 1 amide bonds. The van der Waals surface area contributed by atoms with Gasteiger partial charge in [0.1, 0.15) is 0 Å². The van der Waals surface area contributed by atoms with Crippen molar-refractivity contribution in [3.8, 4) is 0 Å². The molecule has 2 aromatic carbocycles. The molecule has 5 nitrogen and oxygen atoms in total. The first kappa shape index (κ1) is 15.1. The molecule has 4 N–H and O–H groups in total. The summed E-state index contributed by atoms with van der Waals surface area (Å²) in [6, 6.07) is 11.7. The van der Waals surface area contributed by atoms with Crippen molar-refractivity contribution in [2.24, 2.45) is 0 Å². The lowest BCUT2D eigenvalue weighted by molar-refractivity contribution is -0.115. The van der Waals surface area contributed by atoms with Gasteiger partial charge in [0.25, 0.3) is 0 Å². The summed E-state index contributed by atoms with van der Waals surface area (Å²) in [6.45, 7) is 0. The van der Waals surface area contributed by atoms with Crippen molar-refractivity contribution in [1.82, 2.24) is 0 Å². The van der Waals surface area contributed by atoms with Gasteiger partial charge in [-0.1, -0.05) is 18.2 Å². The van der Waals surface area contributed by atoms with Crippen LogP contribution in [0.3, 0.4) is 0 Å². The highest BCUT2D eigenvalue weighted by atomic mass is 79.9. The van der Waals surface area contributed by atoms with Crippen LogP contribution in [0, 0.1) is 0 Å². The number of rotatable bonds is 4. The van der Waals surface area contributed by atoms with Crippen LogP contribution in [-0.2, 0) is 11.2 Å². The first-order valence-electron chi connectivity index (χ1n) is 6.13. The van der Waals surface area contributed by atoms with Gasteiger partial charge in [-0.25, -0.2) is 4.79 Å². The topological polar surface area (TPSA) is 92.4 Å². The highest BCUT2D eigenvalue weighted by molar-refractivity contribution is 9.10. The van der Waals surface area contributed by atoms with Gasteiger partial charge in [-0.15, -0.1) is 0 Å². The van der Waals surface area contributed by atoms with Gasteiger partial charge < -0.3 is 16.2 Å². The second kappa shape index (κ2) is 6.41. The minimum absolute atomic E-state index is 0.0327. The normalized spacial score (nSPS) is 10.1. The summed E-state index contributed by atoms with van der Waals surface area (Å²) in [4.78, 5) is 23.2. The largest absolute Gasteiger partial charge is 0.478 e. The molecule has 0 radical (unpaired) electrons. The number of hydrogen-bond donors (Lipinski definition) is 3. The summed E-state index contributed by atoms with van der Waals surface area (Å²) in [5.74, 6) is -1.41. The fourth-order valence-corrected chi connectivity index (χ4v) is 2.37. The van der Waals surface area contributed by atoms with E-state index in [9.17, 15) is 9.59 Å². The molecule has 0 heterocycles. The Morgan fingerprint density at radius 2 is 1.90 bits per heavy atom. The molecule has 0 aromatic heterocycles. The molecule has 0 aliphatic rings. The van der Waals surface area contributed by atoms with E-state index in [1.54, 1.807) is 36.4 Å². The summed E-state index contributed by atoms with van der Waals surface area (Å²) >= 11 is 3.24. The molecule has 2 aromatic rings. The minimum atomic E-state index is -1.10. The van der Waals surface area contributed by atoms with Crippen LogP contribution in [0.25, 0.3) is 0 Å². The maximum atomic E-state index is 12.1. The predicted molar refractivity (Wildman–Crippen MR) is 84.3 cm³/mol. The predicted octanol–water partition coefficient (Wildman–Crippen LogP) is 2.91. The molecule has 0 fully saturated rings. The van der Waals surface area contributed by atoms with E-state index in [0.717, 1.165) is 5.56 Å². The first-order valence-corrected chi connectivity index (χ1v) is 6.93. The van der Waals surface area contributed by atoms with E-state index in [1.165, 1.54) is 6.07 Å². The van der Waals surface area contributed by atoms with Crippen LogP contribution in [0.15, 0.2) is 46.9 Å². The SMILES string of the molecule is Nc1cccc(CC(=O)Nc2c(Br)cccc2C(=O)O)c1. The fraction of sp³-hybridized carbons (Fsp3) is 0.0667. The monoisotopic (exact) mass is 348 g/mol. The van der Waals surface area contributed by atoms with E-state index in [1.807, 2.05) is 0 Å². The molecule has 21 heavy (non-hydrogen) atoms. The molecule has 0 aliphatic carbocycles. The molecule has 2 rings (SSSR count). The number of nitrogens with two attached hydrogens (primary N) is 1. The third kappa shape index (κ3) is 3.82. The summed E-state index contributed by atoms with van der Waals surface area (Å²) in [6.07, 6.45) is 0.117. The molecule has 0 aliphatic heterocycles. The highest BCUT2D eigenvalue weighted by Crippen LogP contribution is 2.26. The Hall–Kier alpha value is -2.34. The van der Waals surface area contributed by atoms with Crippen LogP contribution >= 0.6 is 15.9 Å². The number of carbonyl (C=O) groups excluding carboxylic acids is 1. The molecule has 6 heteroatoms. The third-order valence-electron chi connectivity index (χ3n) is 2.82. The van der Waals surface area contributed by atoms with Gasteiger partial charge in [-0.3, -0.25) is 4.79 Å². The maximum Gasteiger partial charge on any atom is 0.337 e. The number of para-hydroxylation sites is 1. The van der Waals surface area contributed by atoms with Crippen molar-refractivity contribution in [3.63, 3.8) is 0 Å². The van der Waals surface area contributed by atoms with Crippen LogP contribution < -0.4 is 11.1 Å². The van der Waals surface area contributed by atoms with Crippen LogP contribution in [0.2, 0.25) is 0 Å². The number of nitrogen functional groups attached to an aromatic ring is 1. The molecule has 0 atom stereocenters. The minimum Gasteiger partial charge on any atom is -0.478 e. The molecule has 0 bridgehead atoms. The van der Waals surface area contributed by atoms with Crippen LogP contribution in [0.4, 0.5) is 11.4 Å². The van der Waals surface area contributed by atoms with Gasteiger partial charge in [-0.05, 0) is 45.8 Å². The van der Waals surface area contributed by atoms with Crippen molar-refractivity contribution in [2.45, 2.75) is 6.42 Å². The van der Waals surface area contributed by atoms with Gasteiger partial charge in [0.05, 0.1) is 17.7 Å². The summed E-state index contributed by atoms with van der Waals surface area (Å²) in [7, 11) is 0. The number of anilines is 2. The standard InChI is InChI=1S/C15H13BrN2O3/c16-12-6-2-5-11(15(20)21)14(12)18-13(19)8-9-3-1-4-10(17)7-9/h1-7H,8,17H2,(H,18,19)(H,20,21). The summed E-state index contributed by atoms with van der Waals surface area (Å²) in [5.41, 5.74) is 7.28. The average Bonchev–Trinajstić information content (AvgIpc) is 2.40. The number of carbonyl (C=O) groups is 2. The number of carboxylic acid groups (broad SMARTS) is 1. The van der Waals surface area contributed by atoms with E-state index in [2.05, 4.69) is 21.2 Å². The van der Waals surface area contributed by atoms with Crippen molar-refractivity contribution in [3.05, 3.63) is 58.1 Å². The Morgan fingerprint density at radius 1 is 1.19 bits per heavy atom. The van der Waals surface area contributed by atoms with Crippen LogP contribution in [-0.4, -0.2) is 17.0 Å². The molecule has 108 valence electrons. The second-order valence-corrected chi connectivity index (χ2v) is 5.29. The van der Waals surface area contributed by atoms with Gasteiger partial charge in [0.2, 0.25) is 5.91 Å². The second-order valence-electron chi connectivity index (χ2n) is 4.44. The Morgan fingerprint density at radius 3 is 2.57 bits per heavy atom. The lowest BCUT2D eigenvalue weighted by atomic mass is 10.1. The summed E-state index contributed by atoms with van der Waals surface area (Å²) < 4.78 is 0.517. The molecule has 0 unspecified atom stereocenters. The zero-order valence-electron chi connectivity index (χ0n) is 11.0. The highest BCUT2D eigenvalue weighted by Gasteiger charge is 2.15. The van der Waals surface area contributed by atoms with Crippen molar-refractivity contribution in [1.29, 1.82) is 0 Å². The molecule has 0 saturated heterocycles. The first-order chi connectivity index (χ1) is 9.97. The third-order valence-corrected chi connectivity index (χ3v) is 3.48. The van der Waals surface area contributed by atoms with E-state index < -0.39 is 5.97 Å². The van der Waals surface area contributed by atoms with E-state index >= 15 is 0 Å².